The average Bonchev–Trinajstić information content (AvgIpc) is 3.23. The first-order valence-corrected chi connectivity index (χ1v) is 9.57. The molecule has 140 valence electrons. The van der Waals surface area contributed by atoms with Crippen LogP contribution >= 0.6 is 0 Å². The molecule has 26 heavy (non-hydrogen) atoms. The Morgan fingerprint density at radius 1 is 1.38 bits per heavy atom. The van der Waals surface area contributed by atoms with Crippen LogP contribution in [0.5, 0.6) is 0 Å². The zero-order valence-electron chi connectivity index (χ0n) is 15.2. The van der Waals surface area contributed by atoms with Crippen LogP contribution in [0.2, 0.25) is 0 Å². The minimum atomic E-state index is 0.0155. The smallest absolute Gasteiger partial charge is 0.244 e. The lowest BCUT2D eigenvalue weighted by molar-refractivity contribution is -0.132. The SMILES string of the molecule is CCN(Cc1noc(C2CC2)n1)C(=O)Cn1ccc([C@H]2CCCNC2)n1. The number of carbonyl (C=O) groups excluding carboxylic acids is 1. The molecule has 4 rings (SSSR count). The van der Waals surface area contributed by atoms with Crippen molar-refractivity contribution in [3.8, 4) is 0 Å². The molecule has 0 aromatic carbocycles. The standard InChI is InChI=1S/C18H26N6O2/c1-2-23(11-16-20-18(26-22-16)13-5-6-13)17(25)12-24-9-7-15(21-24)14-4-3-8-19-10-14/h7,9,13-14,19H,2-6,8,10-12H2,1H3/t14-/m0/s1. The summed E-state index contributed by atoms with van der Waals surface area (Å²) < 4.78 is 7.02. The summed E-state index contributed by atoms with van der Waals surface area (Å²) in [4.78, 5) is 18.8. The van der Waals surface area contributed by atoms with Crippen molar-refractivity contribution in [3.05, 3.63) is 29.7 Å². The van der Waals surface area contributed by atoms with E-state index in [0.29, 0.717) is 36.6 Å². The van der Waals surface area contributed by atoms with Gasteiger partial charge in [0.15, 0.2) is 5.82 Å². The van der Waals surface area contributed by atoms with E-state index >= 15 is 0 Å². The summed E-state index contributed by atoms with van der Waals surface area (Å²) in [6, 6.07) is 2.03. The number of carbonyl (C=O) groups is 1. The Morgan fingerprint density at radius 2 is 2.27 bits per heavy atom. The first-order valence-electron chi connectivity index (χ1n) is 9.57. The van der Waals surface area contributed by atoms with Crippen LogP contribution < -0.4 is 5.32 Å². The van der Waals surface area contributed by atoms with E-state index in [1.54, 1.807) is 9.58 Å². The number of hydrogen-bond acceptors (Lipinski definition) is 6. The van der Waals surface area contributed by atoms with Crippen molar-refractivity contribution in [3.63, 3.8) is 0 Å². The van der Waals surface area contributed by atoms with Crippen LogP contribution in [0, 0.1) is 0 Å². The van der Waals surface area contributed by atoms with E-state index in [1.807, 2.05) is 19.2 Å². The van der Waals surface area contributed by atoms with Gasteiger partial charge in [-0.3, -0.25) is 9.48 Å². The van der Waals surface area contributed by atoms with Crippen LogP contribution in [0.15, 0.2) is 16.8 Å². The van der Waals surface area contributed by atoms with Crippen LogP contribution in [-0.4, -0.2) is 50.4 Å². The lowest BCUT2D eigenvalue weighted by Crippen LogP contribution is -2.34. The molecule has 1 saturated heterocycles. The van der Waals surface area contributed by atoms with Crippen LogP contribution in [0.25, 0.3) is 0 Å². The molecule has 2 fully saturated rings. The van der Waals surface area contributed by atoms with Crippen molar-refractivity contribution in [1.29, 1.82) is 0 Å². The first-order chi connectivity index (χ1) is 12.7. The second-order valence-electron chi connectivity index (χ2n) is 7.21. The van der Waals surface area contributed by atoms with E-state index in [2.05, 4.69) is 20.6 Å². The van der Waals surface area contributed by atoms with Crippen molar-refractivity contribution < 1.29 is 9.32 Å². The molecule has 0 bridgehead atoms. The third kappa shape index (κ3) is 3.95. The molecule has 1 N–H and O–H groups in total. The molecule has 8 heteroatoms. The van der Waals surface area contributed by atoms with Crippen molar-refractivity contribution in [2.45, 2.75) is 57.5 Å². The predicted molar refractivity (Wildman–Crippen MR) is 94.4 cm³/mol. The minimum Gasteiger partial charge on any atom is -0.339 e. The van der Waals surface area contributed by atoms with Crippen LogP contribution in [0.4, 0.5) is 0 Å². The van der Waals surface area contributed by atoms with Gasteiger partial charge in [0.2, 0.25) is 11.8 Å². The van der Waals surface area contributed by atoms with E-state index in [9.17, 15) is 4.79 Å². The molecule has 2 aromatic heterocycles. The Morgan fingerprint density at radius 3 is 3.00 bits per heavy atom. The molecule has 1 aliphatic heterocycles. The zero-order valence-corrected chi connectivity index (χ0v) is 15.2. The molecule has 0 spiro atoms. The molecule has 0 unspecified atom stereocenters. The maximum Gasteiger partial charge on any atom is 0.244 e. The maximum absolute atomic E-state index is 12.7. The molecule has 2 aliphatic rings. The predicted octanol–water partition coefficient (Wildman–Crippen LogP) is 1.66. The largest absolute Gasteiger partial charge is 0.339 e. The summed E-state index contributed by atoms with van der Waals surface area (Å²) in [5.74, 6) is 2.18. The Balaban J connectivity index is 1.35. The maximum atomic E-state index is 12.7. The third-order valence-corrected chi connectivity index (χ3v) is 5.15. The average molecular weight is 358 g/mol. The van der Waals surface area contributed by atoms with E-state index in [4.69, 9.17) is 4.52 Å². The van der Waals surface area contributed by atoms with Crippen molar-refractivity contribution in [2.24, 2.45) is 0 Å². The summed E-state index contributed by atoms with van der Waals surface area (Å²) in [7, 11) is 0. The molecular formula is C18H26N6O2. The monoisotopic (exact) mass is 358 g/mol. The van der Waals surface area contributed by atoms with Crippen molar-refractivity contribution in [1.82, 2.24) is 30.1 Å². The normalized spacial score (nSPS) is 20.3. The van der Waals surface area contributed by atoms with E-state index < -0.39 is 0 Å². The van der Waals surface area contributed by atoms with E-state index in [0.717, 1.165) is 38.0 Å². The fraction of sp³-hybridized carbons (Fsp3) is 0.667. The summed E-state index contributed by atoms with van der Waals surface area (Å²) >= 11 is 0. The Kier molecular flexibility index (Phi) is 5.01. The quantitative estimate of drug-likeness (QED) is 0.810. The van der Waals surface area contributed by atoms with Gasteiger partial charge in [0.05, 0.1) is 12.2 Å². The number of hydrogen-bond donors (Lipinski definition) is 1. The molecule has 3 heterocycles. The number of likely N-dealkylation sites (N-methyl/N-ethyl adjacent to an activating group) is 1. The summed E-state index contributed by atoms with van der Waals surface area (Å²) in [6.45, 7) is 5.23. The van der Waals surface area contributed by atoms with Gasteiger partial charge < -0.3 is 14.7 Å². The third-order valence-electron chi connectivity index (χ3n) is 5.15. The van der Waals surface area contributed by atoms with Crippen LogP contribution in [-0.2, 0) is 17.9 Å². The number of aromatic nitrogens is 4. The Hall–Kier alpha value is -2.22. The molecule has 8 nitrogen and oxygen atoms in total. The fourth-order valence-electron chi connectivity index (χ4n) is 3.40. The number of nitrogens with zero attached hydrogens (tertiary/aromatic N) is 5. The zero-order chi connectivity index (χ0) is 17.9. The number of rotatable bonds is 7. The highest BCUT2D eigenvalue weighted by Crippen LogP contribution is 2.38. The lowest BCUT2D eigenvalue weighted by Gasteiger charge is -2.21. The van der Waals surface area contributed by atoms with Gasteiger partial charge in [-0.25, -0.2) is 0 Å². The minimum absolute atomic E-state index is 0.0155. The van der Waals surface area contributed by atoms with Gasteiger partial charge in [0.25, 0.3) is 0 Å². The summed E-state index contributed by atoms with van der Waals surface area (Å²) in [6.07, 6.45) is 6.47. The highest BCUT2D eigenvalue weighted by molar-refractivity contribution is 5.75. The Bertz CT molecular complexity index is 744. The van der Waals surface area contributed by atoms with Crippen molar-refractivity contribution >= 4 is 5.91 Å². The topological polar surface area (TPSA) is 89.1 Å². The van der Waals surface area contributed by atoms with Gasteiger partial charge in [-0.15, -0.1) is 0 Å². The Labute approximate surface area is 152 Å². The van der Waals surface area contributed by atoms with Crippen molar-refractivity contribution in [2.75, 3.05) is 19.6 Å². The molecule has 1 amide bonds. The van der Waals surface area contributed by atoms with Gasteiger partial charge in [0, 0.05) is 31.1 Å². The molecule has 2 aromatic rings. The van der Waals surface area contributed by atoms with Gasteiger partial charge in [-0.1, -0.05) is 5.16 Å². The van der Waals surface area contributed by atoms with Crippen LogP contribution in [0.3, 0.4) is 0 Å². The summed E-state index contributed by atoms with van der Waals surface area (Å²) in [5.41, 5.74) is 1.07. The highest BCUT2D eigenvalue weighted by Gasteiger charge is 2.30. The number of amides is 1. The number of nitrogens with one attached hydrogen (secondary N) is 1. The fourth-order valence-corrected chi connectivity index (χ4v) is 3.40. The van der Waals surface area contributed by atoms with Gasteiger partial charge >= 0.3 is 0 Å². The van der Waals surface area contributed by atoms with Crippen LogP contribution in [0.1, 0.15) is 61.9 Å². The second kappa shape index (κ2) is 7.57. The molecule has 1 aliphatic carbocycles. The second-order valence-corrected chi connectivity index (χ2v) is 7.21. The van der Waals surface area contributed by atoms with Gasteiger partial charge in [-0.2, -0.15) is 10.1 Å². The molecular weight excluding hydrogens is 332 g/mol. The summed E-state index contributed by atoms with van der Waals surface area (Å²) in [5, 5.41) is 12.0. The van der Waals surface area contributed by atoms with E-state index in [1.165, 1.54) is 6.42 Å². The van der Waals surface area contributed by atoms with E-state index in [-0.39, 0.29) is 12.5 Å². The molecule has 1 atom stereocenters. The molecule has 0 radical (unpaired) electrons. The highest BCUT2D eigenvalue weighted by atomic mass is 16.5. The van der Waals surface area contributed by atoms with Gasteiger partial charge in [0.1, 0.15) is 6.54 Å². The first kappa shape index (κ1) is 17.2. The molecule has 1 saturated carbocycles. The number of piperidine rings is 1. The van der Waals surface area contributed by atoms with Gasteiger partial charge in [-0.05, 0) is 45.2 Å². The lowest BCUT2D eigenvalue weighted by atomic mass is 9.97.